The van der Waals surface area contributed by atoms with E-state index in [9.17, 15) is 9.59 Å². The first-order valence-electron chi connectivity index (χ1n) is 16.7. The minimum atomic E-state index is -0.190. The highest BCUT2D eigenvalue weighted by atomic mass is 16.6. The summed E-state index contributed by atoms with van der Waals surface area (Å²) in [5.74, 6) is -0.318. The lowest BCUT2D eigenvalue weighted by Gasteiger charge is -2.13. The van der Waals surface area contributed by atoms with Crippen LogP contribution in [0.4, 0.5) is 0 Å². The SMILES string of the molecule is CCCCC(CC)C(=O)OCCOCCOCCOCCOCCOCCOCCOCCOCCOCCOC(=O)CCC. The minimum Gasteiger partial charge on any atom is -0.463 e. The molecule has 0 aliphatic carbocycles. The van der Waals surface area contributed by atoms with Gasteiger partial charge in [-0.05, 0) is 19.3 Å². The van der Waals surface area contributed by atoms with E-state index in [0.29, 0.717) is 125 Å². The van der Waals surface area contributed by atoms with Crippen molar-refractivity contribution in [2.24, 2.45) is 5.92 Å². The Kier molecular flexibility index (Phi) is 35.9. The van der Waals surface area contributed by atoms with Crippen LogP contribution in [0.1, 0.15) is 59.3 Å². The van der Waals surface area contributed by atoms with Crippen molar-refractivity contribution in [2.45, 2.75) is 59.3 Å². The quantitative estimate of drug-likeness (QED) is 0.0717. The molecule has 268 valence electrons. The van der Waals surface area contributed by atoms with E-state index in [0.717, 1.165) is 32.1 Å². The van der Waals surface area contributed by atoms with Crippen molar-refractivity contribution in [3.63, 3.8) is 0 Å². The molecule has 0 aromatic carbocycles. The van der Waals surface area contributed by atoms with E-state index in [-0.39, 0.29) is 31.1 Å². The van der Waals surface area contributed by atoms with E-state index >= 15 is 0 Å². The van der Waals surface area contributed by atoms with Crippen molar-refractivity contribution in [2.75, 3.05) is 132 Å². The summed E-state index contributed by atoms with van der Waals surface area (Å²) >= 11 is 0. The Morgan fingerprint density at radius 2 is 0.733 bits per heavy atom. The van der Waals surface area contributed by atoms with Crippen LogP contribution in [0.25, 0.3) is 0 Å². The zero-order chi connectivity index (χ0) is 32.9. The molecule has 0 saturated carbocycles. The molecule has 0 aliphatic heterocycles. The Hall–Kier alpha value is -1.42. The highest BCUT2D eigenvalue weighted by Crippen LogP contribution is 2.14. The van der Waals surface area contributed by atoms with E-state index in [1.807, 2.05) is 13.8 Å². The van der Waals surface area contributed by atoms with Gasteiger partial charge in [-0.2, -0.15) is 0 Å². The van der Waals surface area contributed by atoms with Crippen LogP contribution in [0, 0.1) is 5.92 Å². The Labute approximate surface area is 271 Å². The predicted octanol–water partition coefficient (Wildman–Crippen LogP) is 3.24. The van der Waals surface area contributed by atoms with Gasteiger partial charge < -0.3 is 52.1 Å². The van der Waals surface area contributed by atoms with Crippen molar-refractivity contribution in [1.29, 1.82) is 0 Å². The molecule has 0 bridgehead atoms. The lowest BCUT2D eigenvalue weighted by Crippen LogP contribution is -2.20. The zero-order valence-electron chi connectivity index (χ0n) is 28.3. The molecular formula is C32H62O13. The number of esters is 2. The van der Waals surface area contributed by atoms with Crippen LogP contribution in [0.15, 0.2) is 0 Å². The van der Waals surface area contributed by atoms with Crippen LogP contribution in [0.2, 0.25) is 0 Å². The molecule has 0 aliphatic rings. The van der Waals surface area contributed by atoms with Gasteiger partial charge in [0.05, 0.1) is 125 Å². The van der Waals surface area contributed by atoms with Gasteiger partial charge in [0.25, 0.3) is 0 Å². The van der Waals surface area contributed by atoms with Gasteiger partial charge >= 0.3 is 11.9 Å². The molecule has 45 heavy (non-hydrogen) atoms. The Morgan fingerprint density at radius 3 is 1.02 bits per heavy atom. The van der Waals surface area contributed by atoms with Gasteiger partial charge in [0.1, 0.15) is 13.2 Å². The van der Waals surface area contributed by atoms with Gasteiger partial charge in [0.15, 0.2) is 0 Å². The van der Waals surface area contributed by atoms with E-state index in [4.69, 9.17) is 52.1 Å². The maximum Gasteiger partial charge on any atom is 0.308 e. The molecular weight excluding hydrogens is 592 g/mol. The molecule has 13 nitrogen and oxygen atoms in total. The van der Waals surface area contributed by atoms with Crippen LogP contribution in [0.3, 0.4) is 0 Å². The van der Waals surface area contributed by atoms with Crippen molar-refractivity contribution < 1.29 is 61.7 Å². The minimum absolute atomic E-state index is 0.00538. The fourth-order valence-electron chi connectivity index (χ4n) is 3.61. The number of carbonyl (C=O) groups excluding carboxylic acids is 2. The van der Waals surface area contributed by atoms with Gasteiger partial charge in [0.2, 0.25) is 0 Å². The monoisotopic (exact) mass is 654 g/mol. The molecule has 0 saturated heterocycles. The van der Waals surface area contributed by atoms with Crippen molar-refractivity contribution in [3.05, 3.63) is 0 Å². The summed E-state index contributed by atoms with van der Waals surface area (Å²) in [6.07, 6.45) is 5.05. The van der Waals surface area contributed by atoms with Crippen LogP contribution < -0.4 is 0 Å². The number of unbranched alkanes of at least 4 members (excludes halogenated alkanes) is 1. The second-order valence-corrected chi connectivity index (χ2v) is 9.90. The molecule has 1 atom stereocenters. The number of hydrogen-bond acceptors (Lipinski definition) is 13. The summed E-state index contributed by atoms with van der Waals surface area (Å²) in [6, 6.07) is 0. The van der Waals surface area contributed by atoms with Crippen molar-refractivity contribution in [3.8, 4) is 0 Å². The van der Waals surface area contributed by atoms with Gasteiger partial charge in [-0.15, -0.1) is 0 Å². The first kappa shape index (κ1) is 43.6. The maximum absolute atomic E-state index is 12.0. The highest BCUT2D eigenvalue weighted by molar-refractivity contribution is 5.72. The Morgan fingerprint density at radius 1 is 0.422 bits per heavy atom. The lowest BCUT2D eigenvalue weighted by atomic mass is 10.00. The van der Waals surface area contributed by atoms with Crippen molar-refractivity contribution in [1.82, 2.24) is 0 Å². The third-order valence-electron chi connectivity index (χ3n) is 6.13. The summed E-state index contributed by atoms with van der Waals surface area (Å²) in [4.78, 5) is 23.2. The van der Waals surface area contributed by atoms with Crippen LogP contribution in [0.5, 0.6) is 0 Å². The molecule has 0 amide bonds. The fraction of sp³-hybridized carbons (Fsp3) is 0.938. The third-order valence-corrected chi connectivity index (χ3v) is 6.13. The van der Waals surface area contributed by atoms with E-state index in [2.05, 4.69) is 6.92 Å². The zero-order valence-corrected chi connectivity index (χ0v) is 28.3. The molecule has 0 fully saturated rings. The van der Waals surface area contributed by atoms with Gasteiger partial charge in [-0.1, -0.05) is 33.6 Å². The molecule has 0 aromatic rings. The van der Waals surface area contributed by atoms with Crippen LogP contribution in [-0.2, 0) is 61.7 Å². The molecule has 0 radical (unpaired) electrons. The average molecular weight is 655 g/mol. The van der Waals surface area contributed by atoms with E-state index < -0.39 is 0 Å². The summed E-state index contributed by atoms with van der Waals surface area (Å²) in [5.41, 5.74) is 0. The predicted molar refractivity (Wildman–Crippen MR) is 168 cm³/mol. The van der Waals surface area contributed by atoms with E-state index in [1.54, 1.807) is 0 Å². The second kappa shape index (κ2) is 37.0. The Bertz CT molecular complexity index is 624. The maximum atomic E-state index is 12.0. The summed E-state index contributed by atoms with van der Waals surface area (Å²) in [7, 11) is 0. The van der Waals surface area contributed by atoms with Gasteiger partial charge in [-0.3, -0.25) is 9.59 Å². The molecule has 0 spiro atoms. The normalized spacial score (nSPS) is 12.0. The van der Waals surface area contributed by atoms with Crippen molar-refractivity contribution >= 4 is 11.9 Å². The average Bonchev–Trinajstić information content (AvgIpc) is 3.04. The molecule has 0 aromatic heterocycles. The first-order valence-corrected chi connectivity index (χ1v) is 16.7. The van der Waals surface area contributed by atoms with E-state index in [1.165, 1.54) is 0 Å². The number of carbonyl (C=O) groups is 2. The lowest BCUT2D eigenvalue weighted by molar-refractivity contribution is -0.150. The standard InChI is InChI=1S/C32H62O13/c1-4-7-9-30(6-3)32(34)45-29-27-43-25-23-41-21-19-39-17-15-37-13-11-35-10-12-36-14-16-38-18-20-40-22-24-42-26-28-44-31(33)8-5-2/h30H,4-29H2,1-3H3. The summed E-state index contributed by atoms with van der Waals surface area (Å²) in [5, 5.41) is 0. The molecule has 0 N–H and O–H groups in total. The molecule has 1 unspecified atom stereocenters. The smallest absolute Gasteiger partial charge is 0.308 e. The summed E-state index contributed by atoms with van der Waals surface area (Å²) in [6.45, 7) is 15.0. The van der Waals surface area contributed by atoms with Gasteiger partial charge in [-0.25, -0.2) is 0 Å². The van der Waals surface area contributed by atoms with Crippen LogP contribution in [-0.4, -0.2) is 144 Å². The molecule has 13 heteroatoms. The fourth-order valence-corrected chi connectivity index (χ4v) is 3.61. The highest BCUT2D eigenvalue weighted by Gasteiger charge is 2.16. The number of rotatable bonds is 37. The number of ether oxygens (including phenoxy) is 11. The number of hydrogen-bond donors (Lipinski definition) is 0. The molecule has 0 heterocycles. The largest absolute Gasteiger partial charge is 0.463 e. The topological polar surface area (TPSA) is 136 Å². The molecule has 0 rings (SSSR count). The van der Waals surface area contributed by atoms with Gasteiger partial charge in [0, 0.05) is 6.42 Å². The third kappa shape index (κ3) is 33.8. The Balaban J connectivity index is 3.16. The first-order chi connectivity index (χ1) is 22.2. The van der Waals surface area contributed by atoms with Crippen LogP contribution >= 0.6 is 0 Å². The summed E-state index contributed by atoms with van der Waals surface area (Å²) < 4.78 is 59.2. The second-order valence-electron chi connectivity index (χ2n) is 9.90.